The Morgan fingerprint density at radius 3 is 2.27 bits per heavy atom. The van der Waals surface area contributed by atoms with Gasteiger partial charge in [0.15, 0.2) is 0 Å². The van der Waals surface area contributed by atoms with E-state index in [0.29, 0.717) is 19.5 Å². The van der Waals surface area contributed by atoms with Crippen LogP contribution in [0.25, 0.3) is 0 Å². The van der Waals surface area contributed by atoms with Gasteiger partial charge in [0.25, 0.3) is 0 Å². The summed E-state index contributed by atoms with van der Waals surface area (Å²) in [6.45, 7) is 6.37. The first-order valence-corrected chi connectivity index (χ1v) is 10.5. The van der Waals surface area contributed by atoms with Crippen LogP contribution in [0, 0.1) is 0 Å². The summed E-state index contributed by atoms with van der Waals surface area (Å²) in [5.41, 5.74) is 6.41. The quantitative estimate of drug-likeness (QED) is 0.752. The summed E-state index contributed by atoms with van der Waals surface area (Å²) >= 11 is 0. The first-order valence-electron chi connectivity index (χ1n) is 10.5. The molecule has 3 saturated heterocycles. The lowest BCUT2D eigenvalue weighted by molar-refractivity contribution is -0.142. The molecule has 30 heavy (non-hydrogen) atoms. The van der Waals surface area contributed by atoms with Gasteiger partial charge in [-0.15, -0.1) is 0 Å². The smallest absolute Gasteiger partial charge is 0.410 e. The van der Waals surface area contributed by atoms with Crippen LogP contribution >= 0.6 is 0 Å². The van der Waals surface area contributed by atoms with Gasteiger partial charge in [-0.25, -0.2) is 4.79 Å². The van der Waals surface area contributed by atoms with Crippen LogP contribution in [0.5, 0.6) is 0 Å². The van der Waals surface area contributed by atoms with E-state index < -0.39 is 11.6 Å². The lowest BCUT2D eigenvalue weighted by atomic mass is 9.91. The van der Waals surface area contributed by atoms with Crippen LogP contribution in [0.2, 0.25) is 0 Å². The number of nitrogens with two attached hydrogens (primary N) is 1. The molecule has 1 aromatic rings. The number of amides is 3. The van der Waals surface area contributed by atoms with Crippen LogP contribution in [0.4, 0.5) is 4.79 Å². The molecule has 0 aliphatic carbocycles. The van der Waals surface area contributed by atoms with Crippen LogP contribution in [0.1, 0.15) is 39.2 Å². The Labute approximate surface area is 177 Å². The number of rotatable bonds is 5. The average molecular weight is 417 g/mol. The molecule has 3 aliphatic rings. The van der Waals surface area contributed by atoms with Crippen molar-refractivity contribution in [2.45, 2.75) is 63.8 Å². The number of carbonyl (C=O) groups is 3. The topological polar surface area (TPSA) is 105 Å². The molecule has 3 fully saturated rings. The molecule has 4 rings (SSSR count). The maximum atomic E-state index is 12.7. The Morgan fingerprint density at radius 1 is 1.10 bits per heavy atom. The molecule has 0 spiro atoms. The Bertz CT molecular complexity index is 777. The van der Waals surface area contributed by atoms with E-state index in [1.807, 2.05) is 51.1 Å². The van der Waals surface area contributed by atoms with Gasteiger partial charge in [0.2, 0.25) is 11.8 Å². The van der Waals surface area contributed by atoms with Crippen molar-refractivity contribution < 1.29 is 19.1 Å². The van der Waals surface area contributed by atoms with Crippen molar-refractivity contribution in [2.24, 2.45) is 5.73 Å². The third kappa shape index (κ3) is 5.50. The molecule has 3 aliphatic heterocycles. The monoisotopic (exact) mass is 416 g/mol. The van der Waals surface area contributed by atoms with Crippen molar-refractivity contribution in [1.82, 2.24) is 15.1 Å². The van der Waals surface area contributed by atoms with E-state index in [4.69, 9.17) is 10.5 Å². The summed E-state index contributed by atoms with van der Waals surface area (Å²) in [6, 6.07) is 8.73. The number of carbonyl (C=O) groups excluding carboxylic acids is 3. The minimum Gasteiger partial charge on any atom is -0.444 e. The summed E-state index contributed by atoms with van der Waals surface area (Å²) in [4.78, 5) is 41.0. The van der Waals surface area contributed by atoms with Crippen LogP contribution in [0.3, 0.4) is 0 Å². The van der Waals surface area contributed by atoms with E-state index in [2.05, 4.69) is 5.32 Å². The number of benzene rings is 1. The molecule has 164 valence electrons. The van der Waals surface area contributed by atoms with E-state index >= 15 is 0 Å². The SMILES string of the molecule is CC(C)(C)OC(=O)N1CC2CC[C@@H]1CN2C(=O)CNC(=O)[C@@H](N)Cc1ccccc1. The number of fused-ring (bicyclic) bond motifs is 3. The van der Waals surface area contributed by atoms with Gasteiger partial charge in [0.05, 0.1) is 18.6 Å². The first-order chi connectivity index (χ1) is 14.1. The highest BCUT2D eigenvalue weighted by molar-refractivity contribution is 5.87. The highest BCUT2D eigenvalue weighted by Gasteiger charge is 2.44. The summed E-state index contributed by atoms with van der Waals surface area (Å²) < 4.78 is 5.49. The number of ether oxygens (including phenoxy) is 1. The first kappa shape index (κ1) is 22.1. The number of nitrogens with one attached hydrogen (secondary N) is 1. The fraction of sp³-hybridized carbons (Fsp3) is 0.591. The van der Waals surface area contributed by atoms with Crippen molar-refractivity contribution in [3.8, 4) is 0 Å². The summed E-state index contributed by atoms with van der Waals surface area (Å²) in [6.07, 6.45) is 1.78. The average Bonchev–Trinajstić information content (AvgIpc) is 2.71. The molecule has 3 atom stereocenters. The van der Waals surface area contributed by atoms with Gasteiger partial charge in [-0.05, 0) is 45.6 Å². The van der Waals surface area contributed by atoms with Gasteiger partial charge >= 0.3 is 6.09 Å². The predicted molar refractivity (Wildman–Crippen MR) is 113 cm³/mol. The molecule has 3 N–H and O–H groups in total. The summed E-state index contributed by atoms with van der Waals surface area (Å²) in [7, 11) is 0. The third-order valence-corrected chi connectivity index (χ3v) is 5.53. The second kappa shape index (κ2) is 9.04. The lowest BCUT2D eigenvalue weighted by Gasteiger charge is -2.51. The molecule has 8 heteroatoms. The fourth-order valence-electron chi connectivity index (χ4n) is 4.03. The van der Waals surface area contributed by atoms with Gasteiger partial charge in [0.1, 0.15) is 5.60 Å². The highest BCUT2D eigenvalue weighted by Crippen LogP contribution is 2.30. The normalized spacial score (nSPS) is 21.9. The van der Waals surface area contributed by atoms with E-state index in [1.54, 1.807) is 9.80 Å². The molecule has 0 radical (unpaired) electrons. The van der Waals surface area contributed by atoms with Crippen molar-refractivity contribution in [1.29, 1.82) is 0 Å². The second-order valence-corrected chi connectivity index (χ2v) is 9.08. The Morgan fingerprint density at radius 2 is 1.70 bits per heavy atom. The van der Waals surface area contributed by atoms with Gasteiger partial charge in [-0.1, -0.05) is 30.3 Å². The molecule has 2 bridgehead atoms. The summed E-state index contributed by atoms with van der Waals surface area (Å²) in [5.74, 6) is -0.487. The second-order valence-electron chi connectivity index (χ2n) is 9.08. The zero-order valence-corrected chi connectivity index (χ0v) is 18.0. The van der Waals surface area contributed by atoms with Gasteiger partial charge in [-0.2, -0.15) is 0 Å². The van der Waals surface area contributed by atoms with E-state index in [-0.39, 0.29) is 36.5 Å². The van der Waals surface area contributed by atoms with E-state index in [0.717, 1.165) is 18.4 Å². The number of hydrogen-bond donors (Lipinski definition) is 2. The number of piperidine rings is 2. The lowest BCUT2D eigenvalue weighted by Crippen LogP contribution is -2.66. The highest BCUT2D eigenvalue weighted by atomic mass is 16.6. The number of hydrogen-bond acceptors (Lipinski definition) is 5. The molecular formula is C22H32N4O4. The Kier molecular flexibility index (Phi) is 6.65. The third-order valence-electron chi connectivity index (χ3n) is 5.53. The van der Waals surface area contributed by atoms with Crippen LogP contribution < -0.4 is 11.1 Å². The van der Waals surface area contributed by atoms with Crippen molar-refractivity contribution >= 4 is 17.9 Å². The predicted octanol–water partition coefficient (Wildman–Crippen LogP) is 1.28. The Hall–Kier alpha value is -2.61. The maximum absolute atomic E-state index is 12.7. The van der Waals surface area contributed by atoms with Crippen molar-refractivity contribution in [2.75, 3.05) is 19.6 Å². The largest absolute Gasteiger partial charge is 0.444 e. The molecule has 3 amide bonds. The standard InChI is InChI=1S/C22H32N4O4/c1-22(2,3)30-21(29)26-14-16-9-10-17(26)13-25(16)19(27)12-24-20(28)18(23)11-15-7-5-4-6-8-15/h4-8,16-18H,9-14,23H2,1-3H3,(H,24,28)/t16?,17-,18+/m1/s1. The Balaban J connectivity index is 1.49. The summed E-state index contributed by atoms with van der Waals surface area (Å²) in [5, 5.41) is 2.66. The number of nitrogens with zero attached hydrogens (tertiary/aromatic N) is 2. The van der Waals surface area contributed by atoms with Crippen LogP contribution in [0.15, 0.2) is 30.3 Å². The minimum atomic E-state index is -0.708. The molecule has 3 heterocycles. The zero-order valence-electron chi connectivity index (χ0n) is 18.0. The fourth-order valence-corrected chi connectivity index (χ4v) is 4.03. The molecule has 0 saturated carbocycles. The van der Waals surface area contributed by atoms with E-state index in [1.165, 1.54) is 0 Å². The molecule has 1 unspecified atom stereocenters. The van der Waals surface area contributed by atoms with Crippen molar-refractivity contribution in [3.63, 3.8) is 0 Å². The molecule has 0 aromatic heterocycles. The maximum Gasteiger partial charge on any atom is 0.410 e. The van der Waals surface area contributed by atoms with Crippen molar-refractivity contribution in [3.05, 3.63) is 35.9 Å². The zero-order chi connectivity index (χ0) is 21.9. The molecule has 8 nitrogen and oxygen atoms in total. The van der Waals surface area contributed by atoms with Crippen LogP contribution in [-0.2, 0) is 20.7 Å². The van der Waals surface area contributed by atoms with Crippen LogP contribution in [-0.4, -0.2) is 71.1 Å². The van der Waals surface area contributed by atoms with Gasteiger partial charge in [0, 0.05) is 19.1 Å². The molecule has 1 aromatic carbocycles. The van der Waals surface area contributed by atoms with Gasteiger partial charge in [-0.3, -0.25) is 9.59 Å². The van der Waals surface area contributed by atoms with E-state index in [9.17, 15) is 14.4 Å². The van der Waals surface area contributed by atoms with Gasteiger partial charge < -0.3 is 25.6 Å². The number of piperazine rings is 1. The molecular weight excluding hydrogens is 384 g/mol. The minimum absolute atomic E-state index is 0.0510.